The van der Waals surface area contributed by atoms with Gasteiger partial charge in [-0.15, -0.1) is 0 Å². The van der Waals surface area contributed by atoms with E-state index in [0.717, 1.165) is 11.5 Å². The van der Waals surface area contributed by atoms with Crippen molar-refractivity contribution in [3.8, 4) is 0 Å². The van der Waals surface area contributed by atoms with Crippen LogP contribution >= 0.6 is 0 Å². The van der Waals surface area contributed by atoms with E-state index in [1.807, 2.05) is 12.1 Å². The lowest BCUT2D eigenvalue weighted by molar-refractivity contribution is 0.0963. The van der Waals surface area contributed by atoms with Crippen LogP contribution in [0.15, 0.2) is 24.3 Å². The van der Waals surface area contributed by atoms with Crippen molar-refractivity contribution in [3.05, 3.63) is 35.4 Å². The quantitative estimate of drug-likeness (QED) is 0.875. The van der Waals surface area contributed by atoms with Crippen LogP contribution in [0.2, 0.25) is 0 Å². The molecule has 1 aliphatic carbocycles. The summed E-state index contributed by atoms with van der Waals surface area (Å²) in [5.41, 5.74) is 2.13. The fourth-order valence-corrected chi connectivity index (χ4v) is 3.01. The van der Waals surface area contributed by atoms with Crippen LogP contribution in [0, 0.1) is 5.92 Å². The van der Waals surface area contributed by atoms with Gasteiger partial charge in [0.1, 0.15) is 0 Å². The molecule has 1 N–H and O–H groups in total. The third-order valence-electron chi connectivity index (χ3n) is 4.19. The molecule has 104 valence electrons. The van der Waals surface area contributed by atoms with Gasteiger partial charge >= 0.3 is 0 Å². The summed E-state index contributed by atoms with van der Waals surface area (Å²) >= 11 is 0. The van der Waals surface area contributed by atoms with E-state index in [4.69, 9.17) is 0 Å². The van der Waals surface area contributed by atoms with Crippen molar-refractivity contribution in [1.29, 1.82) is 0 Å². The Hall–Kier alpha value is -1.31. The van der Waals surface area contributed by atoms with Crippen molar-refractivity contribution in [3.63, 3.8) is 0 Å². The fourth-order valence-electron chi connectivity index (χ4n) is 3.01. The van der Waals surface area contributed by atoms with E-state index < -0.39 is 0 Å². The van der Waals surface area contributed by atoms with Crippen molar-refractivity contribution in [2.75, 3.05) is 7.05 Å². The standard InChI is InChI=1S/C17H25NO/c1-18-17(19)16-11-9-15(10-12-16)13-14-7-5-3-2-4-6-8-14/h9-12,14H,2-8,13H2,1H3,(H,18,19). The number of carbonyl (C=O) groups is 1. The number of hydrogen-bond donors (Lipinski definition) is 1. The molecule has 0 heterocycles. The monoisotopic (exact) mass is 259 g/mol. The van der Waals surface area contributed by atoms with Crippen LogP contribution in [-0.2, 0) is 6.42 Å². The molecule has 1 saturated carbocycles. The molecule has 0 aromatic heterocycles. The van der Waals surface area contributed by atoms with Gasteiger partial charge < -0.3 is 5.32 Å². The second-order valence-corrected chi connectivity index (χ2v) is 5.69. The number of benzene rings is 1. The zero-order valence-corrected chi connectivity index (χ0v) is 12.0. The highest BCUT2D eigenvalue weighted by Gasteiger charge is 2.12. The third-order valence-corrected chi connectivity index (χ3v) is 4.19. The number of amides is 1. The molecule has 2 rings (SSSR count). The molecule has 1 fully saturated rings. The lowest BCUT2D eigenvalue weighted by atomic mass is 9.86. The second kappa shape index (κ2) is 7.32. The van der Waals surface area contributed by atoms with Crippen LogP contribution in [0.25, 0.3) is 0 Å². The molecular formula is C17H25NO. The van der Waals surface area contributed by atoms with Crippen LogP contribution in [0.4, 0.5) is 0 Å². The van der Waals surface area contributed by atoms with E-state index >= 15 is 0 Å². The molecule has 1 aliphatic rings. The first-order valence-corrected chi connectivity index (χ1v) is 7.60. The van der Waals surface area contributed by atoms with Gasteiger partial charge in [-0.1, -0.05) is 57.1 Å². The first kappa shape index (κ1) is 14.1. The molecule has 0 radical (unpaired) electrons. The third kappa shape index (κ3) is 4.38. The highest BCUT2D eigenvalue weighted by molar-refractivity contribution is 5.93. The van der Waals surface area contributed by atoms with E-state index in [0.29, 0.717) is 0 Å². The Morgan fingerprint density at radius 2 is 1.63 bits per heavy atom. The van der Waals surface area contributed by atoms with Gasteiger partial charge in [0.25, 0.3) is 5.91 Å². The van der Waals surface area contributed by atoms with Gasteiger partial charge in [-0.25, -0.2) is 0 Å². The molecule has 0 aliphatic heterocycles. The predicted molar refractivity (Wildman–Crippen MR) is 79.3 cm³/mol. The van der Waals surface area contributed by atoms with Crippen molar-refractivity contribution in [2.45, 2.75) is 51.4 Å². The van der Waals surface area contributed by atoms with Gasteiger partial charge in [0.15, 0.2) is 0 Å². The molecular weight excluding hydrogens is 234 g/mol. The van der Waals surface area contributed by atoms with Crippen molar-refractivity contribution in [1.82, 2.24) is 5.32 Å². The topological polar surface area (TPSA) is 29.1 Å². The summed E-state index contributed by atoms with van der Waals surface area (Å²) in [6.45, 7) is 0. The minimum atomic E-state index is -0.00231. The Bertz CT molecular complexity index is 388. The normalized spacial score (nSPS) is 17.5. The molecule has 2 nitrogen and oxygen atoms in total. The number of nitrogens with one attached hydrogen (secondary N) is 1. The minimum absolute atomic E-state index is 0.00231. The Kier molecular flexibility index (Phi) is 5.44. The van der Waals surface area contributed by atoms with Gasteiger partial charge in [0.05, 0.1) is 0 Å². The van der Waals surface area contributed by atoms with Gasteiger partial charge in [-0.05, 0) is 30.0 Å². The number of carbonyl (C=O) groups excluding carboxylic acids is 1. The van der Waals surface area contributed by atoms with E-state index in [9.17, 15) is 4.79 Å². The molecule has 0 bridgehead atoms. The number of hydrogen-bond acceptors (Lipinski definition) is 1. The maximum atomic E-state index is 11.5. The Morgan fingerprint density at radius 3 is 2.21 bits per heavy atom. The van der Waals surface area contributed by atoms with Gasteiger partial charge in [-0.3, -0.25) is 4.79 Å². The summed E-state index contributed by atoms with van der Waals surface area (Å²) in [5.74, 6) is 0.837. The number of rotatable bonds is 3. The molecule has 2 heteroatoms. The summed E-state index contributed by atoms with van der Waals surface area (Å²) in [6.07, 6.45) is 10.9. The van der Waals surface area contributed by atoms with Crippen LogP contribution in [-0.4, -0.2) is 13.0 Å². The Morgan fingerprint density at radius 1 is 1.05 bits per heavy atom. The summed E-state index contributed by atoms with van der Waals surface area (Å²) in [7, 11) is 1.67. The first-order valence-electron chi connectivity index (χ1n) is 7.60. The molecule has 0 unspecified atom stereocenters. The van der Waals surface area contributed by atoms with E-state index in [-0.39, 0.29) is 5.91 Å². The summed E-state index contributed by atoms with van der Waals surface area (Å²) in [5, 5.41) is 2.66. The summed E-state index contributed by atoms with van der Waals surface area (Å²) in [4.78, 5) is 11.5. The molecule has 0 saturated heterocycles. The lowest BCUT2D eigenvalue weighted by Crippen LogP contribution is -2.17. The van der Waals surface area contributed by atoms with Crippen LogP contribution in [0.3, 0.4) is 0 Å². The van der Waals surface area contributed by atoms with Crippen LogP contribution < -0.4 is 5.32 Å². The average Bonchev–Trinajstić information content (AvgIpc) is 2.41. The van der Waals surface area contributed by atoms with Crippen molar-refractivity contribution < 1.29 is 4.79 Å². The van der Waals surface area contributed by atoms with Crippen molar-refractivity contribution in [2.24, 2.45) is 5.92 Å². The lowest BCUT2D eigenvalue weighted by Gasteiger charge is -2.19. The first-order chi connectivity index (χ1) is 9.29. The van der Waals surface area contributed by atoms with E-state index in [1.165, 1.54) is 56.9 Å². The Labute approximate surface area is 116 Å². The van der Waals surface area contributed by atoms with Gasteiger partial charge in [-0.2, -0.15) is 0 Å². The predicted octanol–water partition coefficient (Wildman–Crippen LogP) is 3.95. The highest BCUT2D eigenvalue weighted by atomic mass is 16.1. The molecule has 0 atom stereocenters. The zero-order valence-electron chi connectivity index (χ0n) is 12.0. The molecule has 1 aromatic carbocycles. The van der Waals surface area contributed by atoms with Crippen LogP contribution in [0.5, 0.6) is 0 Å². The smallest absolute Gasteiger partial charge is 0.251 e. The maximum absolute atomic E-state index is 11.5. The van der Waals surface area contributed by atoms with Gasteiger partial charge in [0.2, 0.25) is 0 Å². The molecule has 1 aromatic rings. The Balaban J connectivity index is 1.92. The summed E-state index contributed by atoms with van der Waals surface area (Å²) < 4.78 is 0. The van der Waals surface area contributed by atoms with Gasteiger partial charge in [0, 0.05) is 12.6 Å². The SMILES string of the molecule is CNC(=O)c1ccc(CC2CCCCCCC2)cc1. The largest absolute Gasteiger partial charge is 0.355 e. The fraction of sp³-hybridized carbons (Fsp3) is 0.588. The van der Waals surface area contributed by atoms with Crippen molar-refractivity contribution >= 4 is 5.91 Å². The zero-order chi connectivity index (χ0) is 13.5. The molecule has 19 heavy (non-hydrogen) atoms. The molecule has 0 spiro atoms. The maximum Gasteiger partial charge on any atom is 0.251 e. The average molecular weight is 259 g/mol. The molecule has 1 amide bonds. The van der Waals surface area contributed by atoms with Crippen LogP contribution in [0.1, 0.15) is 60.9 Å². The van der Waals surface area contributed by atoms with E-state index in [1.54, 1.807) is 7.05 Å². The second-order valence-electron chi connectivity index (χ2n) is 5.69. The van der Waals surface area contributed by atoms with E-state index in [2.05, 4.69) is 17.4 Å². The minimum Gasteiger partial charge on any atom is -0.355 e. The highest BCUT2D eigenvalue weighted by Crippen LogP contribution is 2.25. The summed E-state index contributed by atoms with van der Waals surface area (Å²) in [6, 6.07) is 8.11.